The van der Waals surface area contributed by atoms with Crippen LogP contribution in [-0.4, -0.2) is 6.04 Å². The molecule has 0 amide bonds. The lowest BCUT2D eigenvalue weighted by Crippen LogP contribution is -2.39. The van der Waals surface area contributed by atoms with Crippen molar-refractivity contribution in [2.24, 2.45) is 23.6 Å². The topological polar surface area (TPSA) is 38.0 Å². The van der Waals surface area contributed by atoms with Gasteiger partial charge in [0, 0.05) is 6.04 Å². The first kappa shape index (κ1) is 12.6. The van der Waals surface area contributed by atoms with Crippen molar-refractivity contribution in [3.05, 3.63) is 34.1 Å². The second-order valence-electron chi connectivity index (χ2n) is 5.56. The standard InChI is InChI=1S/C14H18BrFN2/c15-11-6-8(4-5-12(11)16)7-13(18-17)14-9-2-1-3-10(9)14/h4-6,9-10,13-14,18H,1-3,7,17H2. The van der Waals surface area contributed by atoms with Crippen molar-refractivity contribution >= 4 is 15.9 Å². The molecular formula is C14H18BrFN2. The molecule has 0 aliphatic heterocycles. The summed E-state index contributed by atoms with van der Waals surface area (Å²) in [7, 11) is 0. The summed E-state index contributed by atoms with van der Waals surface area (Å²) in [5.74, 6) is 7.99. The van der Waals surface area contributed by atoms with E-state index in [0.717, 1.165) is 29.7 Å². The van der Waals surface area contributed by atoms with Crippen LogP contribution in [0.15, 0.2) is 22.7 Å². The second-order valence-corrected chi connectivity index (χ2v) is 6.42. The summed E-state index contributed by atoms with van der Waals surface area (Å²) < 4.78 is 13.7. The van der Waals surface area contributed by atoms with E-state index in [1.165, 1.54) is 25.3 Å². The third-order valence-corrected chi connectivity index (χ3v) is 5.20. The van der Waals surface area contributed by atoms with E-state index in [1.807, 2.05) is 12.1 Å². The normalized spacial score (nSPS) is 31.2. The van der Waals surface area contributed by atoms with Gasteiger partial charge >= 0.3 is 0 Å². The van der Waals surface area contributed by atoms with Crippen LogP contribution in [0, 0.1) is 23.6 Å². The predicted molar refractivity (Wildman–Crippen MR) is 73.2 cm³/mol. The molecule has 18 heavy (non-hydrogen) atoms. The van der Waals surface area contributed by atoms with E-state index >= 15 is 0 Å². The van der Waals surface area contributed by atoms with Crippen molar-refractivity contribution in [1.29, 1.82) is 0 Å². The van der Waals surface area contributed by atoms with Gasteiger partial charge in [0.05, 0.1) is 4.47 Å². The number of benzene rings is 1. The van der Waals surface area contributed by atoms with Gasteiger partial charge in [-0.15, -0.1) is 0 Å². The molecular weight excluding hydrogens is 295 g/mol. The van der Waals surface area contributed by atoms with E-state index in [1.54, 1.807) is 0 Å². The molecule has 2 fully saturated rings. The molecule has 3 N–H and O–H groups in total. The first-order chi connectivity index (χ1) is 8.70. The van der Waals surface area contributed by atoms with Crippen molar-refractivity contribution in [2.75, 3.05) is 0 Å². The Hall–Kier alpha value is -0.450. The van der Waals surface area contributed by atoms with Gasteiger partial charge in [-0.2, -0.15) is 0 Å². The van der Waals surface area contributed by atoms with Gasteiger partial charge in [0.25, 0.3) is 0 Å². The van der Waals surface area contributed by atoms with E-state index in [0.29, 0.717) is 10.5 Å². The summed E-state index contributed by atoms with van der Waals surface area (Å²) in [5, 5.41) is 0. The maximum atomic E-state index is 13.2. The molecule has 0 spiro atoms. The summed E-state index contributed by atoms with van der Waals surface area (Å²) in [6, 6.07) is 5.55. The highest BCUT2D eigenvalue weighted by Gasteiger charge is 2.55. The molecule has 1 aromatic rings. The molecule has 2 aliphatic carbocycles. The Labute approximate surface area is 115 Å². The van der Waals surface area contributed by atoms with Crippen LogP contribution in [0.25, 0.3) is 0 Å². The number of nitrogens with one attached hydrogen (secondary N) is 1. The average molecular weight is 313 g/mol. The van der Waals surface area contributed by atoms with E-state index in [4.69, 9.17) is 5.84 Å². The first-order valence-corrected chi connectivity index (χ1v) is 7.40. The Kier molecular flexibility index (Phi) is 3.43. The number of hydrogen-bond acceptors (Lipinski definition) is 2. The van der Waals surface area contributed by atoms with Crippen LogP contribution in [0.5, 0.6) is 0 Å². The molecule has 2 saturated carbocycles. The van der Waals surface area contributed by atoms with Gasteiger partial charge in [-0.1, -0.05) is 12.5 Å². The molecule has 0 saturated heterocycles. The predicted octanol–water partition coefficient (Wildman–Crippen LogP) is 3.01. The zero-order valence-electron chi connectivity index (χ0n) is 10.2. The molecule has 1 aromatic carbocycles. The zero-order valence-corrected chi connectivity index (χ0v) is 11.8. The molecule has 3 rings (SSSR count). The first-order valence-electron chi connectivity index (χ1n) is 6.60. The lowest BCUT2D eigenvalue weighted by atomic mass is 9.98. The lowest BCUT2D eigenvalue weighted by molar-refractivity contribution is 0.410. The average Bonchev–Trinajstić information content (AvgIpc) is 2.83. The maximum absolute atomic E-state index is 13.2. The van der Waals surface area contributed by atoms with E-state index in [2.05, 4.69) is 21.4 Å². The number of halogens is 2. The minimum absolute atomic E-state index is 0.209. The third kappa shape index (κ3) is 2.22. The Balaban J connectivity index is 1.68. The smallest absolute Gasteiger partial charge is 0.137 e. The fourth-order valence-corrected chi connectivity index (χ4v) is 4.13. The second kappa shape index (κ2) is 4.91. The van der Waals surface area contributed by atoms with Gasteiger partial charge in [0.1, 0.15) is 5.82 Å². The van der Waals surface area contributed by atoms with Crippen molar-refractivity contribution in [2.45, 2.75) is 31.7 Å². The molecule has 3 atom stereocenters. The Bertz CT molecular complexity index is 441. The third-order valence-electron chi connectivity index (χ3n) is 4.59. The quantitative estimate of drug-likeness (QED) is 0.662. The molecule has 4 heteroatoms. The van der Waals surface area contributed by atoms with Gasteiger partial charge in [-0.05, 0) is 70.6 Å². The highest BCUT2D eigenvalue weighted by molar-refractivity contribution is 9.10. The van der Waals surface area contributed by atoms with Gasteiger partial charge in [0.2, 0.25) is 0 Å². The summed E-state index contributed by atoms with van der Waals surface area (Å²) in [6.45, 7) is 0. The van der Waals surface area contributed by atoms with Gasteiger partial charge < -0.3 is 0 Å². The Morgan fingerprint density at radius 2 is 2.11 bits per heavy atom. The van der Waals surface area contributed by atoms with Gasteiger partial charge in [0.15, 0.2) is 0 Å². The summed E-state index contributed by atoms with van der Waals surface area (Å²) in [4.78, 5) is 0. The monoisotopic (exact) mass is 312 g/mol. The zero-order chi connectivity index (χ0) is 12.7. The van der Waals surface area contributed by atoms with E-state index in [-0.39, 0.29) is 5.82 Å². The molecule has 0 heterocycles. The number of nitrogens with two attached hydrogens (primary N) is 1. The van der Waals surface area contributed by atoms with Crippen LogP contribution < -0.4 is 11.3 Å². The maximum Gasteiger partial charge on any atom is 0.137 e. The fourth-order valence-electron chi connectivity index (χ4n) is 3.70. The summed E-state index contributed by atoms with van der Waals surface area (Å²) in [5.41, 5.74) is 4.10. The van der Waals surface area contributed by atoms with Crippen LogP contribution in [0.1, 0.15) is 24.8 Å². The highest BCUT2D eigenvalue weighted by atomic mass is 79.9. The van der Waals surface area contributed by atoms with E-state index < -0.39 is 0 Å². The molecule has 0 aromatic heterocycles. The van der Waals surface area contributed by atoms with Crippen molar-refractivity contribution in [3.8, 4) is 0 Å². The van der Waals surface area contributed by atoms with Crippen molar-refractivity contribution in [1.82, 2.24) is 5.43 Å². The highest BCUT2D eigenvalue weighted by Crippen LogP contribution is 2.59. The number of hydrogen-bond donors (Lipinski definition) is 2. The molecule has 98 valence electrons. The molecule has 3 unspecified atom stereocenters. The lowest BCUT2D eigenvalue weighted by Gasteiger charge is -2.18. The minimum atomic E-state index is -0.209. The van der Waals surface area contributed by atoms with E-state index in [9.17, 15) is 4.39 Å². The van der Waals surface area contributed by atoms with Crippen molar-refractivity contribution < 1.29 is 4.39 Å². The molecule has 2 aliphatic rings. The fraction of sp³-hybridized carbons (Fsp3) is 0.571. The summed E-state index contributed by atoms with van der Waals surface area (Å²) >= 11 is 3.23. The van der Waals surface area contributed by atoms with Crippen LogP contribution in [-0.2, 0) is 6.42 Å². The SMILES string of the molecule is NNC(Cc1ccc(F)c(Br)c1)C1C2CCCC21. The van der Waals surface area contributed by atoms with Crippen LogP contribution in [0.2, 0.25) is 0 Å². The minimum Gasteiger partial charge on any atom is -0.271 e. The molecule has 0 radical (unpaired) electrons. The summed E-state index contributed by atoms with van der Waals surface area (Å²) in [6.07, 6.45) is 4.99. The number of rotatable bonds is 4. The molecule has 2 nitrogen and oxygen atoms in total. The number of hydrazine groups is 1. The van der Waals surface area contributed by atoms with Gasteiger partial charge in [-0.25, -0.2) is 4.39 Å². The largest absolute Gasteiger partial charge is 0.271 e. The van der Waals surface area contributed by atoms with Crippen molar-refractivity contribution in [3.63, 3.8) is 0 Å². The van der Waals surface area contributed by atoms with Gasteiger partial charge in [-0.3, -0.25) is 11.3 Å². The van der Waals surface area contributed by atoms with Crippen LogP contribution in [0.4, 0.5) is 4.39 Å². The number of fused-ring (bicyclic) bond motifs is 1. The Morgan fingerprint density at radius 3 is 2.72 bits per heavy atom. The Morgan fingerprint density at radius 1 is 1.39 bits per heavy atom. The van der Waals surface area contributed by atoms with Crippen LogP contribution >= 0.6 is 15.9 Å². The molecule has 0 bridgehead atoms. The van der Waals surface area contributed by atoms with Crippen LogP contribution in [0.3, 0.4) is 0 Å².